The van der Waals surface area contributed by atoms with Crippen molar-refractivity contribution in [3.05, 3.63) is 0 Å². The molecular formula is C14H33IN4. The molecule has 0 rings (SSSR count). The summed E-state index contributed by atoms with van der Waals surface area (Å²) in [6, 6.07) is 0.587. The quantitative estimate of drug-likeness (QED) is 0.264. The maximum absolute atomic E-state index is 5.81. The summed E-state index contributed by atoms with van der Waals surface area (Å²) in [5, 5.41) is 3.18. The van der Waals surface area contributed by atoms with Crippen molar-refractivity contribution in [3.8, 4) is 0 Å². The Labute approximate surface area is 136 Å². The molecule has 0 spiro atoms. The van der Waals surface area contributed by atoms with Crippen LogP contribution in [-0.4, -0.2) is 43.1 Å². The fourth-order valence-corrected chi connectivity index (χ4v) is 1.90. The second kappa shape index (κ2) is 14.4. The highest BCUT2D eigenvalue weighted by atomic mass is 127. The summed E-state index contributed by atoms with van der Waals surface area (Å²) in [4.78, 5) is 6.73. The van der Waals surface area contributed by atoms with Crippen LogP contribution in [0.3, 0.4) is 0 Å². The summed E-state index contributed by atoms with van der Waals surface area (Å²) in [6.45, 7) is 12.6. The normalized spacial score (nSPS) is 11.8. The molecule has 0 aromatic rings. The van der Waals surface area contributed by atoms with Crippen molar-refractivity contribution in [1.82, 2.24) is 10.2 Å². The average Bonchev–Trinajstić information content (AvgIpc) is 2.34. The lowest BCUT2D eigenvalue weighted by Crippen LogP contribution is -2.41. The van der Waals surface area contributed by atoms with Crippen molar-refractivity contribution in [2.45, 2.75) is 59.4 Å². The van der Waals surface area contributed by atoms with E-state index in [-0.39, 0.29) is 24.0 Å². The highest BCUT2D eigenvalue weighted by molar-refractivity contribution is 14.0. The predicted octanol–water partition coefficient (Wildman–Crippen LogP) is 2.82. The number of hydrogen-bond acceptors (Lipinski definition) is 2. The van der Waals surface area contributed by atoms with Crippen LogP contribution >= 0.6 is 24.0 Å². The smallest absolute Gasteiger partial charge is 0.188 e. The molecule has 0 atom stereocenters. The number of unbranched alkanes of at least 4 members (excludes halogenated alkanes) is 3. The van der Waals surface area contributed by atoms with Crippen molar-refractivity contribution >= 4 is 29.9 Å². The Kier molecular flexibility index (Phi) is 16.1. The van der Waals surface area contributed by atoms with Crippen molar-refractivity contribution in [1.29, 1.82) is 0 Å². The van der Waals surface area contributed by atoms with Crippen LogP contribution in [0.2, 0.25) is 0 Å². The van der Waals surface area contributed by atoms with E-state index < -0.39 is 0 Å². The van der Waals surface area contributed by atoms with Crippen molar-refractivity contribution in [2.75, 3.05) is 26.2 Å². The maximum Gasteiger partial charge on any atom is 0.188 e. The van der Waals surface area contributed by atoms with Crippen LogP contribution in [-0.2, 0) is 0 Å². The molecule has 0 saturated heterocycles. The molecule has 0 aliphatic rings. The SMILES string of the molecule is CCCCCCN=C(N)NCCN(CC)C(C)C.I. The van der Waals surface area contributed by atoms with Gasteiger partial charge in [0.05, 0.1) is 0 Å². The van der Waals surface area contributed by atoms with Gasteiger partial charge in [-0.2, -0.15) is 0 Å². The summed E-state index contributed by atoms with van der Waals surface area (Å²) in [5.74, 6) is 0.589. The monoisotopic (exact) mass is 384 g/mol. The van der Waals surface area contributed by atoms with E-state index in [0.29, 0.717) is 12.0 Å². The molecule has 3 N–H and O–H groups in total. The molecule has 0 unspecified atom stereocenters. The summed E-state index contributed by atoms with van der Waals surface area (Å²) in [6.07, 6.45) is 4.95. The molecule has 19 heavy (non-hydrogen) atoms. The summed E-state index contributed by atoms with van der Waals surface area (Å²) in [5.41, 5.74) is 5.81. The molecule has 0 fully saturated rings. The predicted molar refractivity (Wildman–Crippen MR) is 96.4 cm³/mol. The first-order valence-corrected chi connectivity index (χ1v) is 7.39. The van der Waals surface area contributed by atoms with Gasteiger partial charge in [-0.25, -0.2) is 0 Å². The number of likely N-dealkylation sites (N-methyl/N-ethyl adjacent to an activating group) is 1. The lowest BCUT2D eigenvalue weighted by molar-refractivity contribution is 0.237. The van der Waals surface area contributed by atoms with Gasteiger partial charge >= 0.3 is 0 Å². The lowest BCUT2D eigenvalue weighted by Gasteiger charge is -2.24. The maximum atomic E-state index is 5.81. The van der Waals surface area contributed by atoms with Gasteiger partial charge in [0.2, 0.25) is 0 Å². The Morgan fingerprint density at radius 2 is 1.89 bits per heavy atom. The molecule has 0 amide bonds. The van der Waals surface area contributed by atoms with E-state index in [9.17, 15) is 0 Å². The van der Waals surface area contributed by atoms with Crippen LogP contribution in [0.15, 0.2) is 4.99 Å². The molecule has 0 heterocycles. The lowest BCUT2D eigenvalue weighted by atomic mass is 10.2. The minimum Gasteiger partial charge on any atom is -0.370 e. The molecule has 116 valence electrons. The van der Waals surface area contributed by atoms with Gasteiger partial charge in [-0.05, 0) is 26.8 Å². The average molecular weight is 384 g/mol. The Balaban J connectivity index is 0. The van der Waals surface area contributed by atoms with E-state index in [1.165, 1.54) is 19.3 Å². The van der Waals surface area contributed by atoms with Gasteiger partial charge in [-0.1, -0.05) is 33.1 Å². The van der Waals surface area contributed by atoms with Gasteiger partial charge in [0.25, 0.3) is 0 Å². The molecule has 0 aromatic heterocycles. The highest BCUT2D eigenvalue weighted by Crippen LogP contribution is 1.98. The molecule has 0 saturated carbocycles. The highest BCUT2D eigenvalue weighted by Gasteiger charge is 2.05. The Morgan fingerprint density at radius 3 is 2.42 bits per heavy atom. The number of guanidine groups is 1. The molecule has 4 nitrogen and oxygen atoms in total. The number of aliphatic imine (C=N–C) groups is 1. The number of nitrogens with two attached hydrogens (primary N) is 1. The number of rotatable bonds is 10. The zero-order chi connectivity index (χ0) is 13.8. The first kappa shape index (κ1) is 21.3. The molecular weight excluding hydrogens is 351 g/mol. The third-order valence-electron chi connectivity index (χ3n) is 3.14. The van der Waals surface area contributed by atoms with Crippen LogP contribution < -0.4 is 11.1 Å². The topological polar surface area (TPSA) is 53.6 Å². The third kappa shape index (κ3) is 12.7. The molecule has 0 aliphatic carbocycles. The Bertz CT molecular complexity index is 219. The zero-order valence-electron chi connectivity index (χ0n) is 13.1. The Morgan fingerprint density at radius 1 is 1.21 bits per heavy atom. The summed E-state index contributed by atoms with van der Waals surface area (Å²) >= 11 is 0. The first-order valence-electron chi connectivity index (χ1n) is 7.39. The standard InChI is InChI=1S/C14H32N4.HI/c1-5-7-8-9-10-16-14(15)17-11-12-18(6-2)13(3)4;/h13H,5-12H2,1-4H3,(H3,15,16,17);1H. The molecule has 5 heteroatoms. The van der Waals surface area contributed by atoms with Crippen LogP contribution in [0, 0.1) is 0 Å². The van der Waals surface area contributed by atoms with Crippen molar-refractivity contribution in [3.63, 3.8) is 0 Å². The van der Waals surface area contributed by atoms with E-state index in [0.717, 1.165) is 32.6 Å². The second-order valence-corrected chi connectivity index (χ2v) is 4.98. The minimum absolute atomic E-state index is 0. The number of nitrogens with one attached hydrogen (secondary N) is 1. The number of hydrogen-bond donors (Lipinski definition) is 2. The van der Waals surface area contributed by atoms with Gasteiger partial charge < -0.3 is 11.1 Å². The van der Waals surface area contributed by atoms with Crippen LogP contribution in [0.1, 0.15) is 53.4 Å². The molecule has 0 radical (unpaired) electrons. The second-order valence-electron chi connectivity index (χ2n) is 4.98. The molecule has 0 bridgehead atoms. The number of halogens is 1. The third-order valence-corrected chi connectivity index (χ3v) is 3.14. The van der Waals surface area contributed by atoms with Crippen molar-refractivity contribution in [2.24, 2.45) is 10.7 Å². The summed E-state index contributed by atoms with van der Waals surface area (Å²) in [7, 11) is 0. The van der Waals surface area contributed by atoms with Gasteiger partial charge in [-0.3, -0.25) is 9.89 Å². The minimum atomic E-state index is 0. The van der Waals surface area contributed by atoms with Gasteiger partial charge in [0.1, 0.15) is 0 Å². The number of nitrogens with zero attached hydrogens (tertiary/aromatic N) is 2. The first-order chi connectivity index (χ1) is 8.61. The summed E-state index contributed by atoms with van der Waals surface area (Å²) < 4.78 is 0. The van der Waals surface area contributed by atoms with E-state index in [1.807, 2.05) is 0 Å². The fraction of sp³-hybridized carbons (Fsp3) is 0.929. The van der Waals surface area contributed by atoms with E-state index in [4.69, 9.17) is 5.73 Å². The van der Waals surface area contributed by atoms with E-state index in [2.05, 4.69) is 42.9 Å². The molecule has 0 aliphatic heterocycles. The van der Waals surface area contributed by atoms with Gasteiger partial charge in [0.15, 0.2) is 5.96 Å². The van der Waals surface area contributed by atoms with Crippen LogP contribution in [0.4, 0.5) is 0 Å². The van der Waals surface area contributed by atoms with E-state index in [1.54, 1.807) is 0 Å². The van der Waals surface area contributed by atoms with Gasteiger partial charge in [0, 0.05) is 25.7 Å². The Hall–Kier alpha value is -0.0400. The fourth-order valence-electron chi connectivity index (χ4n) is 1.90. The van der Waals surface area contributed by atoms with Crippen LogP contribution in [0.5, 0.6) is 0 Å². The van der Waals surface area contributed by atoms with Gasteiger partial charge in [-0.15, -0.1) is 24.0 Å². The van der Waals surface area contributed by atoms with Crippen molar-refractivity contribution < 1.29 is 0 Å². The molecule has 0 aromatic carbocycles. The zero-order valence-corrected chi connectivity index (χ0v) is 15.4. The van der Waals surface area contributed by atoms with Crippen LogP contribution in [0.25, 0.3) is 0 Å². The largest absolute Gasteiger partial charge is 0.370 e. The van der Waals surface area contributed by atoms with E-state index >= 15 is 0 Å².